The van der Waals surface area contributed by atoms with Crippen molar-refractivity contribution < 1.29 is 8.42 Å². The van der Waals surface area contributed by atoms with Crippen LogP contribution in [0.3, 0.4) is 0 Å². The van der Waals surface area contributed by atoms with E-state index in [1.54, 1.807) is 36.6 Å². The number of rotatable bonds is 3. The molecule has 2 aromatic carbocycles. The van der Waals surface area contributed by atoms with E-state index in [1.165, 1.54) is 27.9 Å². The van der Waals surface area contributed by atoms with Crippen molar-refractivity contribution in [3.63, 3.8) is 0 Å². The molecule has 0 radical (unpaired) electrons. The molecule has 0 fully saturated rings. The summed E-state index contributed by atoms with van der Waals surface area (Å²) >= 11 is 7.11. The molecule has 3 aromatic rings. The molecule has 0 spiro atoms. The maximum Gasteiger partial charge on any atom is 0.270 e. The van der Waals surface area contributed by atoms with Crippen LogP contribution in [-0.4, -0.2) is 23.6 Å². The van der Waals surface area contributed by atoms with E-state index in [1.807, 2.05) is 6.07 Å². The summed E-state index contributed by atoms with van der Waals surface area (Å²) in [6.07, 6.45) is 1.80. The Balaban J connectivity index is 2.30. The van der Waals surface area contributed by atoms with Gasteiger partial charge in [0.15, 0.2) is 5.16 Å². The van der Waals surface area contributed by atoms with Crippen LogP contribution in [0.4, 0.5) is 0 Å². The highest BCUT2D eigenvalue weighted by Crippen LogP contribution is 2.28. The molecule has 4 nitrogen and oxygen atoms in total. The van der Waals surface area contributed by atoms with E-state index in [0.29, 0.717) is 21.2 Å². The third kappa shape index (κ3) is 2.43. The van der Waals surface area contributed by atoms with Gasteiger partial charge in [0.1, 0.15) is 0 Å². The molecule has 0 saturated carbocycles. The van der Waals surface area contributed by atoms with Crippen LogP contribution in [0.1, 0.15) is 0 Å². The summed E-state index contributed by atoms with van der Waals surface area (Å²) in [5.74, 6) is 0. The lowest BCUT2D eigenvalue weighted by atomic mass is 10.3. The van der Waals surface area contributed by atoms with Gasteiger partial charge in [-0.15, -0.1) is 0 Å². The van der Waals surface area contributed by atoms with Gasteiger partial charge in [-0.25, -0.2) is 17.4 Å². The van der Waals surface area contributed by atoms with Gasteiger partial charge in [-0.1, -0.05) is 35.5 Å². The van der Waals surface area contributed by atoms with Crippen molar-refractivity contribution in [1.82, 2.24) is 8.96 Å². The van der Waals surface area contributed by atoms with Gasteiger partial charge in [0, 0.05) is 5.02 Å². The average Bonchev–Trinajstić information content (AvgIpc) is 2.87. The van der Waals surface area contributed by atoms with E-state index in [-0.39, 0.29) is 4.90 Å². The largest absolute Gasteiger partial charge is 0.270 e. The summed E-state index contributed by atoms with van der Waals surface area (Å²) in [5.41, 5.74) is 1.22. The number of halogens is 1. The molecule has 108 valence electrons. The van der Waals surface area contributed by atoms with Crippen molar-refractivity contribution in [2.45, 2.75) is 10.1 Å². The summed E-state index contributed by atoms with van der Waals surface area (Å²) < 4.78 is 27.0. The molecular formula is C14H11ClN2O2S2. The number of hydrogen-bond donors (Lipinski definition) is 0. The normalized spacial score (nSPS) is 11.9. The van der Waals surface area contributed by atoms with Gasteiger partial charge in [-0.3, -0.25) is 0 Å². The molecule has 0 saturated heterocycles. The molecule has 0 unspecified atom stereocenters. The van der Waals surface area contributed by atoms with Gasteiger partial charge < -0.3 is 0 Å². The second kappa shape index (κ2) is 5.36. The zero-order valence-corrected chi connectivity index (χ0v) is 13.4. The minimum Gasteiger partial charge on any atom is -0.222 e. The molecule has 21 heavy (non-hydrogen) atoms. The highest BCUT2D eigenvalue weighted by molar-refractivity contribution is 7.99. The molecule has 0 bridgehead atoms. The molecule has 1 aromatic heterocycles. The smallest absolute Gasteiger partial charge is 0.222 e. The summed E-state index contributed by atoms with van der Waals surface area (Å²) in [7, 11) is -3.71. The fraction of sp³-hybridized carbons (Fsp3) is 0.0714. The fourth-order valence-corrected chi connectivity index (χ4v) is 4.50. The third-order valence-electron chi connectivity index (χ3n) is 3.02. The van der Waals surface area contributed by atoms with Crippen LogP contribution in [0.5, 0.6) is 0 Å². The lowest BCUT2D eigenvalue weighted by Crippen LogP contribution is -2.13. The molecule has 0 aliphatic heterocycles. The molecule has 0 N–H and O–H groups in total. The first-order valence-electron chi connectivity index (χ1n) is 6.06. The van der Waals surface area contributed by atoms with E-state index < -0.39 is 10.0 Å². The number of hydrogen-bond acceptors (Lipinski definition) is 4. The Hall–Kier alpha value is -1.50. The maximum absolute atomic E-state index is 12.9. The quantitative estimate of drug-likeness (QED) is 0.684. The first-order chi connectivity index (χ1) is 10.0. The lowest BCUT2D eigenvalue weighted by molar-refractivity contribution is 0.584. The summed E-state index contributed by atoms with van der Waals surface area (Å²) in [4.78, 5) is 4.55. The van der Waals surface area contributed by atoms with E-state index in [4.69, 9.17) is 11.6 Å². The van der Waals surface area contributed by atoms with Crippen LogP contribution in [0, 0.1) is 0 Å². The average molecular weight is 339 g/mol. The summed E-state index contributed by atoms with van der Waals surface area (Å²) in [6, 6.07) is 13.3. The van der Waals surface area contributed by atoms with Gasteiger partial charge in [-0.05, 0) is 42.7 Å². The zero-order chi connectivity index (χ0) is 15.0. The topological polar surface area (TPSA) is 52.0 Å². The Bertz CT molecular complexity index is 902. The molecule has 1 heterocycles. The highest BCUT2D eigenvalue weighted by atomic mass is 35.5. The zero-order valence-electron chi connectivity index (χ0n) is 11.0. The van der Waals surface area contributed by atoms with Crippen LogP contribution >= 0.6 is 23.4 Å². The molecule has 0 atom stereocenters. The van der Waals surface area contributed by atoms with Gasteiger partial charge in [0.25, 0.3) is 10.0 Å². The van der Waals surface area contributed by atoms with Crippen LogP contribution in [0.2, 0.25) is 5.02 Å². The molecule has 7 heteroatoms. The van der Waals surface area contributed by atoms with Gasteiger partial charge in [0.2, 0.25) is 0 Å². The van der Waals surface area contributed by atoms with E-state index in [2.05, 4.69) is 4.98 Å². The standard InChI is InChI=1S/C14H11ClN2O2S2/c1-20-14-16-12-4-2-3-5-13(12)17(14)21(18,19)11-8-6-10(15)7-9-11/h2-9H,1H3. The Kier molecular flexibility index (Phi) is 3.69. The van der Waals surface area contributed by atoms with Crippen molar-refractivity contribution >= 4 is 44.4 Å². The molecule has 3 rings (SSSR count). The van der Waals surface area contributed by atoms with Gasteiger partial charge in [0.05, 0.1) is 15.9 Å². The predicted octanol–water partition coefficient (Wildman–Crippen LogP) is 3.65. The van der Waals surface area contributed by atoms with Crippen molar-refractivity contribution in [2.75, 3.05) is 6.26 Å². The number of thioether (sulfide) groups is 1. The van der Waals surface area contributed by atoms with Gasteiger partial charge in [-0.2, -0.15) is 0 Å². The predicted molar refractivity (Wildman–Crippen MR) is 85.5 cm³/mol. The van der Waals surface area contributed by atoms with Crippen LogP contribution in [-0.2, 0) is 10.0 Å². The summed E-state index contributed by atoms with van der Waals surface area (Å²) in [5, 5.41) is 0.931. The van der Waals surface area contributed by atoms with Crippen LogP contribution in [0.25, 0.3) is 11.0 Å². The first kappa shape index (κ1) is 14.4. The van der Waals surface area contributed by atoms with Gasteiger partial charge >= 0.3 is 0 Å². The fourth-order valence-electron chi connectivity index (χ4n) is 2.05. The Labute approximate surface area is 131 Å². The van der Waals surface area contributed by atoms with Crippen molar-refractivity contribution in [1.29, 1.82) is 0 Å². The Morgan fingerprint density at radius 1 is 1.10 bits per heavy atom. The number of fused-ring (bicyclic) bond motifs is 1. The van der Waals surface area contributed by atoms with Crippen molar-refractivity contribution in [3.8, 4) is 0 Å². The Morgan fingerprint density at radius 3 is 2.43 bits per heavy atom. The number of aromatic nitrogens is 2. The first-order valence-corrected chi connectivity index (χ1v) is 9.11. The highest BCUT2D eigenvalue weighted by Gasteiger charge is 2.23. The van der Waals surface area contributed by atoms with E-state index in [0.717, 1.165) is 0 Å². The molecule has 0 aliphatic carbocycles. The summed E-state index contributed by atoms with van der Waals surface area (Å²) in [6.45, 7) is 0. The SMILES string of the molecule is CSc1nc2ccccc2n1S(=O)(=O)c1ccc(Cl)cc1. The van der Waals surface area contributed by atoms with Crippen LogP contribution < -0.4 is 0 Å². The third-order valence-corrected chi connectivity index (χ3v) is 5.75. The number of benzene rings is 2. The lowest BCUT2D eigenvalue weighted by Gasteiger charge is -2.09. The monoisotopic (exact) mass is 338 g/mol. The molecule has 0 amide bonds. The molecule has 0 aliphatic rings. The maximum atomic E-state index is 12.9. The second-order valence-corrected chi connectivity index (χ2v) is 7.31. The second-order valence-electron chi connectivity index (χ2n) is 4.31. The number of imidazole rings is 1. The minimum absolute atomic E-state index is 0.186. The van der Waals surface area contributed by atoms with E-state index in [9.17, 15) is 8.42 Å². The number of nitrogens with zero attached hydrogens (tertiary/aromatic N) is 2. The van der Waals surface area contributed by atoms with Crippen molar-refractivity contribution in [3.05, 3.63) is 53.6 Å². The Morgan fingerprint density at radius 2 is 1.76 bits per heavy atom. The molecular weight excluding hydrogens is 328 g/mol. The van der Waals surface area contributed by atoms with Crippen LogP contribution in [0.15, 0.2) is 58.6 Å². The minimum atomic E-state index is -3.71. The number of para-hydroxylation sites is 2. The van der Waals surface area contributed by atoms with Crippen molar-refractivity contribution in [2.24, 2.45) is 0 Å². The van der Waals surface area contributed by atoms with E-state index >= 15 is 0 Å².